The van der Waals surface area contributed by atoms with Crippen LogP contribution in [0.2, 0.25) is 0 Å². The van der Waals surface area contributed by atoms with Gasteiger partial charge in [-0.3, -0.25) is 9.69 Å². The van der Waals surface area contributed by atoms with Crippen molar-refractivity contribution in [1.82, 2.24) is 19.7 Å². The molecule has 1 aliphatic carbocycles. The average molecular weight is 417 g/mol. The van der Waals surface area contributed by atoms with Crippen molar-refractivity contribution in [2.24, 2.45) is 5.92 Å². The Balaban J connectivity index is 1.14. The predicted octanol–water partition coefficient (Wildman–Crippen LogP) is 2.36. The van der Waals surface area contributed by atoms with Gasteiger partial charge in [0.2, 0.25) is 5.91 Å². The van der Waals surface area contributed by atoms with Gasteiger partial charge in [0.05, 0.1) is 25.5 Å². The Hall–Kier alpha value is -1.97. The number of carbonyl (C=O) groups is 1. The van der Waals surface area contributed by atoms with Gasteiger partial charge >= 0.3 is 0 Å². The van der Waals surface area contributed by atoms with E-state index in [1.54, 1.807) is 17.5 Å². The van der Waals surface area contributed by atoms with Crippen LogP contribution in [0.1, 0.15) is 36.6 Å². The molecular weight excluding hydrogens is 388 g/mol. The molecule has 0 atom stereocenters. The Bertz CT molecular complexity index is 834. The Labute approximate surface area is 174 Å². The van der Waals surface area contributed by atoms with E-state index in [-0.39, 0.29) is 11.8 Å². The molecule has 4 heterocycles. The SMILES string of the molecule is O=C(Nc1ccnn1C1CCN(Cc2cnc(N3CCOCC3)s2)CC1)C1CC1. The summed E-state index contributed by atoms with van der Waals surface area (Å²) in [5.74, 6) is 1.20. The number of ether oxygens (including phenoxy) is 1. The second-order valence-electron chi connectivity index (χ2n) is 8.14. The lowest BCUT2D eigenvalue weighted by Gasteiger charge is -2.32. The molecule has 0 unspecified atom stereocenters. The maximum absolute atomic E-state index is 12.1. The first-order valence-electron chi connectivity index (χ1n) is 10.6. The van der Waals surface area contributed by atoms with Crippen LogP contribution in [0.25, 0.3) is 0 Å². The third-order valence-electron chi connectivity index (χ3n) is 5.98. The smallest absolute Gasteiger partial charge is 0.228 e. The molecule has 3 aliphatic rings. The zero-order valence-electron chi connectivity index (χ0n) is 16.6. The Morgan fingerprint density at radius 2 is 1.97 bits per heavy atom. The van der Waals surface area contributed by atoms with E-state index in [0.717, 1.165) is 82.6 Å². The van der Waals surface area contributed by atoms with Crippen molar-refractivity contribution < 1.29 is 9.53 Å². The topological polar surface area (TPSA) is 75.5 Å². The van der Waals surface area contributed by atoms with Crippen LogP contribution in [0, 0.1) is 5.92 Å². The second kappa shape index (κ2) is 8.41. The molecule has 2 saturated heterocycles. The van der Waals surface area contributed by atoms with Crippen molar-refractivity contribution in [1.29, 1.82) is 0 Å². The molecule has 1 amide bonds. The van der Waals surface area contributed by atoms with Crippen LogP contribution < -0.4 is 10.2 Å². The highest BCUT2D eigenvalue weighted by atomic mass is 32.1. The largest absolute Gasteiger partial charge is 0.378 e. The fraction of sp³-hybridized carbons (Fsp3) is 0.650. The van der Waals surface area contributed by atoms with E-state index in [9.17, 15) is 4.79 Å². The van der Waals surface area contributed by atoms with Gasteiger partial charge in [0.15, 0.2) is 5.13 Å². The highest BCUT2D eigenvalue weighted by molar-refractivity contribution is 7.15. The molecule has 29 heavy (non-hydrogen) atoms. The fourth-order valence-electron chi connectivity index (χ4n) is 4.09. The summed E-state index contributed by atoms with van der Waals surface area (Å²) in [6.07, 6.45) is 7.94. The molecule has 5 rings (SSSR count). The van der Waals surface area contributed by atoms with E-state index < -0.39 is 0 Å². The van der Waals surface area contributed by atoms with E-state index in [1.165, 1.54) is 4.88 Å². The Morgan fingerprint density at radius 1 is 1.17 bits per heavy atom. The number of aromatic nitrogens is 3. The number of hydrogen-bond acceptors (Lipinski definition) is 7. The molecule has 156 valence electrons. The maximum Gasteiger partial charge on any atom is 0.228 e. The third kappa shape index (κ3) is 4.46. The van der Waals surface area contributed by atoms with Crippen molar-refractivity contribution in [3.8, 4) is 0 Å². The van der Waals surface area contributed by atoms with Gasteiger partial charge in [0, 0.05) is 55.8 Å². The summed E-state index contributed by atoms with van der Waals surface area (Å²) in [6, 6.07) is 2.26. The number of piperidine rings is 1. The summed E-state index contributed by atoms with van der Waals surface area (Å²) in [7, 11) is 0. The van der Waals surface area contributed by atoms with Gasteiger partial charge in [-0.25, -0.2) is 9.67 Å². The molecule has 2 aromatic heterocycles. The molecule has 9 heteroatoms. The standard InChI is InChI=1S/C20H28N6O2S/c27-19(15-1-2-15)23-18-3-6-22-26(18)16-4-7-24(8-5-16)14-17-13-21-20(29-17)25-9-11-28-12-10-25/h3,6,13,15-16H,1-2,4-5,7-12,14H2,(H,23,27). The first-order chi connectivity index (χ1) is 14.3. The van der Waals surface area contributed by atoms with Crippen LogP contribution >= 0.6 is 11.3 Å². The van der Waals surface area contributed by atoms with Gasteiger partial charge in [-0.15, -0.1) is 11.3 Å². The highest BCUT2D eigenvalue weighted by Crippen LogP contribution is 2.32. The average Bonchev–Trinajstić information content (AvgIpc) is 3.35. The number of rotatable bonds is 6. The quantitative estimate of drug-likeness (QED) is 0.779. The van der Waals surface area contributed by atoms with Gasteiger partial charge in [-0.05, 0) is 25.7 Å². The number of amides is 1. The predicted molar refractivity (Wildman–Crippen MR) is 112 cm³/mol. The second-order valence-corrected chi connectivity index (χ2v) is 9.23. The fourth-order valence-corrected chi connectivity index (χ4v) is 5.10. The summed E-state index contributed by atoms with van der Waals surface area (Å²) in [6.45, 7) is 6.47. The van der Waals surface area contributed by atoms with E-state index >= 15 is 0 Å². The summed E-state index contributed by atoms with van der Waals surface area (Å²) >= 11 is 1.80. The number of anilines is 2. The summed E-state index contributed by atoms with van der Waals surface area (Å²) in [4.78, 5) is 22.9. The Morgan fingerprint density at radius 3 is 2.72 bits per heavy atom. The lowest BCUT2D eigenvalue weighted by atomic mass is 10.1. The summed E-state index contributed by atoms with van der Waals surface area (Å²) < 4.78 is 7.45. The third-order valence-corrected chi connectivity index (χ3v) is 7.02. The van der Waals surface area contributed by atoms with Gasteiger partial charge in [-0.2, -0.15) is 5.10 Å². The first kappa shape index (κ1) is 19.0. The normalized spacial score (nSPS) is 21.4. The van der Waals surface area contributed by atoms with E-state index in [0.29, 0.717) is 6.04 Å². The minimum absolute atomic E-state index is 0.144. The number of thiazole rings is 1. The molecule has 0 aromatic carbocycles. The van der Waals surface area contributed by atoms with Crippen LogP contribution in [-0.4, -0.2) is 65.0 Å². The van der Waals surface area contributed by atoms with Crippen molar-refractivity contribution in [3.63, 3.8) is 0 Å². The zero-order valence-corrected chi connectivity index (χ0v) is 17.4. The van der Waals surface area contributed by atoms with E-state index in [4.69, 9.17) is 4.74 Å². The highest BCUT2D eigenvalue weighted by Gasteiger charge is 2.31. The van der Waals surface area contributed by atoms with E-state index in [1.807, 2.05) is 16.9 Å². The van der Waals surface area contributed by atoms with Crippen LogP contribution in [0.4, 0.5) is 10.9 Å². The van der Waals surface area contributed by atoms with Gasteiger partial charge in [0.25, 0.3) is 0 Å². The van der Waals surface area contributed by atoms with Gasteiger partial charge in [-0.1, -0.05) is 0 Å². The van der Waals surface area contributed by atoms with Crippen LogP contribution in [0.5, 0.6) is 0 Å². The molecule has 0 spiro atoms. The summed E-state index contributed by atoms with van der Waals surface area (Å²) in [5.41, 5.74) is 0. The zero-order chi connectivity index (χ0) is 19.6. The van der Waals surface area contributed by atoms with Crippen LogP contribution in [0.15, 0.2) is 18.5 Å². The number of nitrogens with zero attached hydrogens (tertiary/aromatic N) is 5. The van der Waals surface area contributed by atoms with Crippen molar-refractivity contribution in [2.75, 3.05) is 49.6 Å². The number of morpholine rings is 1. The molecule has 8 nitrogen and oxygen atoms in total. The molecule has 2 aromatic rings. The summed E-state index contributed by atoms with van der Waals surface area (Å²) in [5, 5.41) is 8.68. The Kier molecular flexibility index (Phi) is 5.52. The molecule has 1 N–H and O–H groups in total. The number of carbonyl (C=O) groups excluding carboxylic acids is 1. The monoisotopic (exact) mass is 416 g/mol. The molecular formula is C20H28N6O2S. The number of nitrogens with one attached hydrogen (secondary N) is 1. The lowest BCUT2D eigenvalue weighted by molar-refractivity contribution is -0.117. The first-order valence-corrected chi connectivity index (χ1v) is 11.4. The number of hydrogen-bond donors (Lipinski definition) is 1. The minimum atomic E-state index is 0.144. The van der Waals surface area contributed by atoms with E-state index in [2.05, 4.69) is 25.2 Å². The minimum Gasteiger partial charge on any atom is -0.378 e. The number of likely N-dealkylation sites (tertiary alicyclic amines) is 1. The van der Waals surface area contributed by atoms with Gasteiger partial charge in [0.1, 0.15) is 5.82 Å². The lowest BCUT2D eigenvalue weighted by Crippen LogP contribution is -2.36. The molecule has 1 saturated carbocycles. The molecule has 0 bridgehead atoms. The molecule has 0 radical (unpaired) electrons. The van der Waals surface area contributed by atoms with Gasteiger partial charge < -0.3 is 15.0 Å². The van der Waals surface area contributed by atoms with Crippen molar-refractivity contribution in [3.05, 3.63) is 23.3 Å². The molecule has 2 aliphatic heterocycles. The van der Waals surface area contributed by atoms with Crippen LogP contribution in [-0.2, 0) is 16.1 Å². The van der Waals surface area contributed by atoms with Crippen molar-refractivity contribution >= 4 is 28.2 Å². The maximum atomic E-state index is 12.1. The molecule has 3 fully saturated rings. The van der Waals surface area contributed by atoms with Crippen molar-refractivity contribution in [2.45, 2.75) is 38.3 Å². The van der Waals surface area contributed by atoms with Crippen LogP contribution in [0.3, 0.4) is 0 Å².